The van der Waals surface area contributed by atoms with Crippen LogP contribution in [0.2, 0.25) is 0 Å². The molecule has 1 heterocycles. The highest BCUT2D eigenvalue weighted by molar-refractivity contribution is 6.00. The molecule has 7 nitrogen and oxygen atoms in total. The Kier molecular flexibility index (Phi) is 7.09. The maximum absolute atomic E-state index is 13.0. The third kappa shape index (κ3) is 4.87. The Hall–Kier alpha value is -2.25. The van der Waals surface area contributed by atoms with Crippen LogP contribution in [0, 0.1) is 0 Å². The summed E-state index contributed by atoms with van der Waals surface area (Å²) < 4.78 is 15.6. The van der Waals surface area contributed by atoms with Crippen LogP contribution in [0.4, 0.5) is 0 Å². The van der Waals surface area contributed by atoms with Crippen LogP contribution in [0.5, 0.6) is 0 Å². The monoisotopic (exact) mass is 347 g/mol. The van der Waals surface area contributed by atoms with Gasteiger partial charge in [0.25, 0.3) is 11.8 Å². The smallest absolute Gasteiger partial charge is 0.258 e. The van der Waals surface area contributed by atoms with Gasteiger partial charge in [-0.15, -0.1) is 0 Å². The standard InChI is InChI=1S/C18H25N3O4/c1-13(2)16-19-17(25-20-16)14-7-5-6-8-15(14)18(22)21(9-11-23-3)10-12-24-4/h5-8,13H,9-12H2,1-4H3. The molecule has 2 aromatic rings. The van der Waals surface area contributed by atoms with Crippen molar-refractivity contribution in [2.75, 3.05) is 40.5 Å². The molecule has 1 amide bonds. The van der Waals surface area contributed by atoms with Gasteiger partial charge < -0.3 is 18.9 Å². The van der Waals surface area contributed by atoms with Crippen molar-refractivity contribution in [3.05, 3.63) is 35.7 Å². The van der Waals surface area contributed by atoms with E-state index in [2.05, 4.69) is 10.1 Å². The minimum atomic E-state index is -0.117. The molecular formula is C18H25N3O4. The number of hydrogen-bond acceptors (Lipinski definition) is 6. The summed E-state index contributed by atoms with van der Waals surface area (Å²) in [5, 5.41) is 3.99. The van der Waals surface area contributed by atoms with E-state index in [1.165, 1.54) is 0 Å². The third-order valence-electron chi connectivity index (χ3n) is 3.76. The lowest BCUT2D eigenvalue weighted by atomic mass is 10.1. The molecule has 136 valence electrons. The van der Waals surface area contributed by atoms with Gasteiger partial charge in [0.05, 0.1) is 24.3 Å². The fourth-order valence-electron chi connectivity index (χ4n) is 2.32. The van der Waals surface area contributed by atoms with E-state index in [-0.39, 0.29) is 11.8 Å². The zero-order valence-corrected chi connectivity index (χ0v) is 15.2. The van der Waals surface area contributed by atoms with Crippen molar-refractivity contribution in [1.82, 2.24) is 15.0 Å². The van der Waals surface area contributed by atoms with Gasteiger partial charge in [-0.3, -0.25) is 4.79 Å². The molecule has 0 saturated carbocycles. The van der Waals surface area contributed by atoms with Crippen molar-refractivity contribution >= 4 is 5.91 Å². The highest BCUT2D eigenvalue weighted by Gasteiger charge is 2.22. The van der Waals surface area contributed by atoms with Crippen LogP contribution in [0.15, 0.2) is 28.8 Å². The molecule has 2 rings (SSSR count). The predicted molar refractivity (Wildman–Crippen MR) is 93.5 cm³/mol. The van der Waals surface area contributed by atoms with Gasteiger partial charge in [-0.2, -0.15) is 4.98 Å². The molecule has 0 N–H and O–H groups in total. The molecule has 0 saturated heterocycles. The molecule has 0 fully saturated rings. The van der Waals surface area contributed by atoms with E-state index in [4.69, 9.17) is 14.0 Å². The van der Waals surface area contributed by atoms with Crippen LogP contribution >= 0.6 is 0 Å². The first-order valence-corrected chi connectivity index (χ1v) is 8.28. The van der Waals surface area contributed by atoms with Crippen molar-refractivity contribution in [2.24, 2.45) is 0 Å². The van der Waals surface area contributed by atoms with E-state index in [0.717, 1.165) is 0 Å². The molecule has 7 heteroatoms. The maximum atomic E-state index is 13.0. The lowest BCUT2D eigenvalue weighted by Gasteiger charge is -2.22. The normalized spacial score (nSPS) is 11.1. The second-order valence-electron chi connectivity index (χ2n) is 5.94. The molecule has 0 aliphatic rings. The number of hydrogen-bond donors (Lipinski definition) is 0. The van der Waals surface area contributed by atoms with Crippen LogP contribution in [0.3, 0.4) is 0 Å². The summed E-state index contributed by atoms with van der Waals surface area (Å²) in [5.74, 6) is 1.01. The zero-order valence-electron chi connectivity index (χ0n) is 15.2. The molecule has 25 heavy (non-hydrogen) atoms. The lowest BCUT2D eigenvalue weighted by Crippen LogP contribution is -2.36. The fraction of sp³-hybridized carbons (Fsp3) is 0.500. The van der Waals surface area contributed by atoms with Crippen LogP contribution in [0.1, 0.15) is 35.9 Å². The number of benzene rings is 1. The fourth-order valence-corrected chi connectivity index (χ4v) is 2.32. The minimum Gasteiger partial charge on any atom is -0.383 e. The number of ether oxygens (including phenoxy) is 2. The Labute approximate surface area is 147 Å². The van der Waals surface area contributed by atoms with Crippen molar-refractivity contribution < 1.29 is 18.8 Å². The van der Waals surface area contributed by atoms with Gasteiger partial charge in [-0.1, -0.05) is 31.1 Å². The van der Waals surface area contributed by atoms with Gasteiger partial charge in [0, 0.05) is 33.2 Å². The summed E-state index contributed by atoms with van der Waals surface area (Å²) in [6.45, 7) is 5.85. The van der Waals surface area contributed by atoms with E-state index >= 15 is 0 Å². The van der Waals surface area contributed by atoms with Gasteiger partial charge in [-0.25, -0.2) is 0 Å². The Morgan fingerprint density at radius 3 is 2.36 bits per heavy atom. The van der Waals surface area contributed by atoms with E-state index in [9.17, 15) is 4.79 Å². The second kappa shape index (κ2) is 9.29. The number of nitrogens with zero attached hydrogens (tertiary/aromatic N) is 3. The predicted octanol–water partition coefficient (Wildman–Crippen LogP) is 2.60. The average Bonchev–Trinajstić information content (AvgIpc) is 3.12. The van der Waals surface area contributed by atoms with E-state index in [1.807, 2.05) is 32.0 Å². The average molecular weight is 347 g/mol. The lowest BCUT2D eigenvalue weighted by molar-refractivity contribution is 0.0628. The topological polar surface area (TPSA) is 77.7 Å². The molecule has 0 aliphatic carbocycles. The Balaban J connectivity index is 2.31. The number of amides is 1. The van der Waals surface area contributed by atoms with Gasteiger partial charge in [0.1, 0.15) is 0 Å². The maximum Gasteiger partial charge on any atom is 0.258 e. The quantitative estimate of drug-likeness (QED) is 0.694. The number of carbonyl (C=O) groups excluding carboxylic acids is 1. The van der Waals surface area contributed by atoms with Crippen LogP contribution < -0.4 is 0 Å². The Morgan fingerprint density at radius 2 is 1.80 bits per heavy atom. The van der Waals surface area contributed by atoms with Gasteiger partial charge >= 0.3 is 0 Å². The summed E-state index contributed by atoms with van der Waals surface area (Å²) in [4.78, 5) is 19.1. The number of rotatable bonds is 9. The zero-order chi connectivity index (χ0) is 18.2. The van der Waals surface area contributed by atoms with Crippen LogP contribution in [-0.2, 0) is 9.47 Å². The van der Waals surface area contributed by atoms with E-state index in [0.29, 0.717) is 49.1 Å². The minimum absolute atomic E-state index is 0.117. The SMILES string of the molecule is COCCN(CCOC)C(=O)c1ccccc1-c1nc(C(C)C)no1. The summed E-state index contributed by atoms with van der Waals surface area (Å²) in [7, 11) is 3.22. The van der Waals surface area contributed by atoms with Crippen LogP contribution in [-0.4, -0.2) is 61.5 Å². The van der Waals surface area contributed by atoms with Crippen molar-refractivity contribution in [1.29, 1.82) is 0 Å². The summed E-state index contributed by atoms with van der Waals surface area (Å²) in [6.07, 6.45) is 0. The highest BCUT2D eigenvalue weighted by atomic mass is 16.5. The van der Waals surface area contributed by atoms with Crippen molar-refractivity contribution in [3.8, 4) is 11.5 Å². The van der Waals surface area contributed by atoms with Crippen molar-refractivity contribution in [3.63, 3.8) is 0 Å². The van der Waals surface area contributed by atoms with E-state index < -0.39 is 0 Å². The molecule has 1 aromatic heterocycles. The molecule has 0 unspecified atom stereocenters. The van der Waals surface area contributed by atoms with Gasteiger partial charge in [0.15, 0.2) is 5.82 Å². The summed E-state index contributed by atoms with van der Waals surface area (Å²) in [5.41, 5.74) is 1.15. The molecule has 0 bridgehead atoms. The second-order valence-corrected chi connectivity index (χ2v) is 5.94. The third-order valence-corrected chi connectivity index (χ3v) is 3.76. The molecule has 0 spiro atoms. The first-order valence-electron chi connectivity index (χ1n) is 8.28. The molecule has 0 atom stereocenters. The molecule has 0 aliphatic heterocycles. The molecular weight excluding hydrogens is 322 g/mol. The molecule has 0 radical (unpaired) electrons. The molecule has 1 aromatic carbocycles. The summed E-state index contributed by atoms with van der Waals surface area (Å²) in [6, 6.07) is 7.25. The van der Waals surface area contributed by atoms with Gasteiger partial charge in [0.2, 0.25) is 0 Å². The first kappa shape index (κ1) is 19.1. The Morgan fingerprint density at radius 1 is 1.16 bits per heavy atom. The van der Waals surface area contributed by atoms with Gasteiger partial charge in [-0.05, 0) is 12.1 Å². The first-order chi connectivity index (χ1) is 12.1. The number of carbonyl (C=O) groups is 1. The highest BCUT2D eigenvalue weighted by Crippen LogP contribution is 2.24. The Bertz CT molecular complexity index is 676. The number of aromatic nitrogens is 2. The van der Waals surface area contributed by atoms with E-state index in [1.54, 1.807) is 25.2 Å². The summed E-state index contributed by atoms with van der Waals surface area (Å²) >= 11 is 0. The number of methoxy groups -OCH3 is 2. The largest absolute Gasteiger partial charge is 0.383 e. The van der Waals surface area contributed by atoms with Crippen molar-refractivity contribution in [2.45, 2.75) is 19.8 Å². The van der Waals surface area contributed by atoms with Crippen LogP contribution in [0.25, 0.3) is 11.5 Å².